The number of rotatable bonds is 4. The summed E-state index contributed by atoms with van der Waals surface area (Å²) in [5, 5.41) is 11.5. The van der Waals surface area contributed by atoms with Gasteiger partial charge in [0, 0.05) is 36.9 Å². The second kappa shape index (κ2) is 7.88. The maximum Gasteiger partial charge on any atom is 0.406 e. The van der Waals surface area contributed by atoms with E-state index in [0.29, 0.717) is 45.9 Å². The lowest BCUT2D eigenvalue weighted by Crippen LogP contribution is -2.47. The number of aromatic nitrogens is 4. The molecule has 3 aromatic heterocycles. The van der Waals surface area contributed by atoms with Crippen molar-refractivity contribution in [1.82, 2.24) is 24.8 Å². The predicted molar refractivity (Wildman–Crippen MR) is 108 cm³/mol. The number of nitrogens with zero attached hydrogens (tertiary/aromatic N) is 5. The first kappa shape index (κ1) is 21.2. The minimum absolute atomic E-state index is 0.0885. The minimum Gasteiger partial charge on any atom is -0.503 e. The Hall–Kier alpha value is -3.08. The number of alkyl halides is 3. The van der Waals surface area contributed by atoms with Crippen LogP contribution in [0.3, 0.4) is 0 Å². The van der Waals surface area contributed by atoms with Crippen molar-refractivity contribution < 1.29 is 23.1 Å². The van der Waals surface area contributed by atoms with Crippen LogP contribution in [0, 0.1) is 0 Å². The third-order valence-corrected chi connectivity index (χ3v) is 5.30. The highest BCUT2D eigenvalue weighted by molar-refractivity contribution is 6.31. The van der Waals surface area contributed by atoms with Crippen LogP contribution < -0.4 is 4.90 Å². The highest BCUT2D eigenvalue weighted by Gasteiger charge is 2.38. The van der Waals surface area contributed by atoms with E-state index in [4.69, 9.17) is 11.6 Å². The third kappa shape index (κ3) is 4.22. The Morgan fingerprint density at radius 3 is 2.90 bits per heavy atom. The predicted octanol–water partition coefficient (Wildman–Crippen LogP) is 3.37. The van der Waals surface area contributed by atoms with E-state index in [-0.39, 0.29) is 17.4 Å². The zero-order chi connectivity index (χ0) is 22.3. The number of likely N-dealkylation sites (N-methyl/N-ethyl adjacent to an activating group) is 1. The molecule has 8 nitrogen and oxygen atoms in total. The monoisotopic (exact) mass is 454 g/mol. The third-order valence-electron chi connectivity index (χ3n) is 5.09. The fraction of sp³-hybridized carbons (Fsp3) is 0.368. The van der Waals surface area contributed by atoms with Gasteiger partial charge in [0.25, 0.3) is 0 Å². The van der Waals surface area contributed by atoms with Crippen molar-refractivity contribution in [3.63, 3.8) is 0 Å². The Morgan fingerprint density at radius 2 is 2.16 bits per heavy atom. The van der Waals surface area contributed by atoms with E-state index in [0.717, 1.165) is 7.05 Å². The van der Waals surface area contributed by atoms with Gasteiger partial charge in [0.05, 0.1) is 11.2 Å². The number of aromatic amines is 1. The maximum atomic E-state index is 12.7. The summed E-state index contributed by atoms with van der Waals surface area (Å²) in [5.74, 6) is -0.606. The van der Waals surface area contributed by atoms with Gasteiger partial charge in [-0.1, -0.05) is 11.6 Å². The summed E-state index contributed by atoms with van der Waals surface area (Å²) in [6.07, 6.45) is 0.767. The second-order valence-corrected chi connectivity index (χ2v) is 7.75. The second-order valence-electron chi connectivity index (χ2n) is 7.32. The smallest absolute Gasteiger partial charge is 0.406 e. The zero-order valence-electron chi connectivity index (χ0n) is 16.3. The molecule has 31 heavy (non-hydrogen) atoms. The molecular formula is C19H18ClF3N6O2. The van der Waals surface area contributed by atoms with Crippen LogP contribution in [0.2, 0.25) is 5.02 Å². The fourth-order valence-corrected chi connectivity index (χ4v) is 3.91. The molecule has 4 rings (SSSR count). The minimum atomic E-state index is -4.50. The van der Waals surface area contributed by atoms with E-state index < -0.39 is 24.7 Å². The van der Waals surface area contributed by atoms with Gasteiger partial charge in [-0.3, -0.25) is 4.79 Å². The lowest BCUT2D eigenvalue weighted by molar-refractivity contribution is -0.159. The number of nitrogens with one attached hydrogen (secondary N) is 1. The van der Waals surface area contributed by atoms with Gasteiger partial charge >= 0.3 is 6.18 Å². The van der Waals surface area contributed by atoms with Crippen LogP contribution in [0.25, 0.3) is 22.4 Å². The van der Waals surface area contributed by atoms with E-state index in [2.05, 4.69) is 19.9 Å². The van der Waals surface area contributed by atoms with Crippen LogP contribution in [0.4, 0.5) is 19.0 Å². The van der Waals surface area contributed by atoms with Crippen LogP contribution in [-0.4, -0.2) is 68.2 Å². The van der Waals surface area contributed by atoms with Crippen LogP contribution in [0.5, 0.6) is 5.75 Å². The van der Waals surface area contributed by atoms with Crippen molar-refractivity contribution in [3.8, 4) is 17.1 Å². The summed E-state index contributed by atoms with van der Waals surface area (Å²) in [5.41, 5.74) is 1.16. The van der Waals surface area contributed by atoms with E-state index in [1.807, 2.05) is 0 Å². The quantitative estimate of drug-likeness (QED) is 0.627. The van der Waals surface area contributed by atoms with Gasteiger partial charge in [0.1, 0.15) is 18.2 Å². The fourth-order valence-electron chi connectivity index (χ4n) is 3.75. The molecule has 0 unspecified atom stereocenters. The topological polar surface area (TPSA) is 98.2 Å². The van der Waals surface area contributed by atoms with Gasteiger partial charge in [-0.2, -0.15) is 13.2 Å². The Labute approximate surface area is 179 Å². The Morgan fingerprint density at radius 1 is 1.39 bits per heavy atom. The van der Waals surface area contributed by atoms with Gasteiger partial charge in [-0.25, -0.2) is 15.0 Å². The summed E-state index contributed by atoms with van der Waals surface area (Å²) in [4.78, 5) is 30.6. The summed E-state index contributed by atoms with van der Waals surface area (Å²) in [6, 6.07) is 0.833. The molecule has 0 aromatic carbocycles. The van der Waals surface area contributed by atoms with Gasteiger partial charge in [0.15, 0.2) is 17.4 Å². The molecule has 0 spiro atoms. The van der Waals surface area contributed by atoms with E-state index in [9.17, 15) is 23.1 Å². The van der Waals surface area contributed by atoms with Crippen LogP contribution >= 0.6 is 11.6 Å². The molecule has 2 N–H and O–H groups in total. The molecule has 1 aliphatic rings. The number of halogens is 4. The molecule has 4 heterocycles. The van der Waals surface area contributed by atoms with Gasteiger partial charge in [0.2, 0.25) is 5.91 Å². The maximum absolute atomic E-state index is 12.7. The number of anilines is 1. The summed E-state index contributed by atoms with van der Waals surface area (Å²) < 4.78 is 38.2. The SMILES string of the molecule is CN(CC(F)(F)F)C(=O)[C@H]1CCCN1c1nc(-c2c[nH]c3ncc(Cl)cc23)ncc1O. The van der Waals surface area contributed by atoms with E-state index in [1.165, 1.54) is 17.3 Å². The first-order valence-corrected chi connectivity index (χ1v) is 9.79. The number of aromatic hydroxyl groups is 1. The number of fused-ring (bicyclic) bond motifs is 1. The number of hydrogen-bond acceptors (Lipinski definition) is 6. The molecule has 164 valence electrons. The van der Waals surface area contributed by atoms with E-state index >= 15 is 0 Å². The highest BCUT2D eigenvalue weighted by Crippen LogP contribution is 2.35. The average molecular weight is 455 g/mol. The standard InChI is InChI=1S/C19H18ClF3N6O2/c1-28(9-19(21,22)23)18(31)13-3-2-4-29(13)17-14(30)8-26-16(27-17)12-7-25-15-11(12)5-10(20)6-24-15/h5-8,13,30H,2-4,9H2,1H3,(H,24,25)/t13-/m1/s1. The van der Waals surface area contributed by atoms with E-state index in [1.54, 1.807) is 12.3 Å². The van der Waals surface area contributed by atoms with Crippen molar-refractivity contribution >= 4 is 34.4 Å². The molecule has 12 heteroatoms. The number of amides is 1. The Bertz CT molecular complexity index is 1140. The van der Waals surface area contributed by atoms with Crippen molar-refractivity contribution in [2.24, 2.45) is 0 Å². The van der Waals surface area contributed by atoms with Crippen LogP contribution in [-0.2, 0) is 4.79 Å². The molecular weight excluding hydrogens is 437 g/mol. The molecule has 0 bridgehead atoms. The van der Waals surface area contributed by atoms with Crippen LogP contribution in [0.1, 0.15) is 12.8 Å². The molecule has 3 aromatic rings. The molecule has 0 saturated carbocycles. The summed E-state index contributed by atoms with van der Waals surface area (Å²) in [6.45, 7) is -0.984. The first-order chi connectivity index (χ1) is 14.6. The lowest BCUT2D eigenvalue weighted by Gasteiger charge is -2.29. The molecule has 1 aliphatic heterocycles. The Balaban J connectivity index is 1.68. The largest absolute Gasteiger partial charge is 0.503 e. The number of hydrogen-bond donors (Lipinski definition) is 2. The molecule has 0 radical (unpaired) electrons. The molecule has 1 fully saturated rings. The number of carbonyl (C=O) groups excluding carboxylic acids is 1. The Kier molecular flexibility index (Phi) is 5.38. The van der Waals surface area contributed by atoms with Crippen molar-refractivity contribution in [3.05, 3.63) is 29.7 Å². The summed E-state index contributed by atoms with van der Waals surface area (Å²) >= 11 is 6.04. The first-order valence-electron chi connectivity index (χ1n) is 9.41. The molecule has 0 aliphatic carbocycles. The molecule has 1 saturated heterocycles. The molecule has 1 amide bonds. The van der Waals surface area contributed by atoms with Crippen LogP contribution in [0.15, 0.2) is 24.7 Å². The van der Waals surface area contributed by atoms with Crippen molar-refractivity contribution in [1.29, 1.82) is 0 Å². The number of pyridine rings is 1. The van der Waals surface area contributed by atoms with Crippen molar-refractivity contribution in [2.75, 3.05) is 25.0 Å². The van der Waals surface area contributed by atoms with Gasteiger partial charge in [-0.05, 0) is 18.9 Å². The summed E-state index contributed by atoms with van der Waals surface area (Å²) in [7, 11) is 1.11. The lowest BCUT2D eigenvalue weighted by atomic mass is 10.2. The molecule has 1 atom stereocenters. The highest BCUT2D eigenvalue weighted by atomic mass is 35.5. The zero-order valence-corrected chi connectivity index (χ0v) is 17.1. The number of carbonyl (C=O) groups is 1. The van der Waals surface area contributed by atoms with Gasteiger partial charge in [-0.15, -0.1) is 0 Å². The van der Waals surface area contributed by atoms with Gasteiger partial charge < -0.3 is 19.9 Å². The normalized spacial score (nSPS) is 16.8. The average Bonchev–Trinajstić information content (AvgIpc) is 3.33. The van der Waals surface area contributed by atoms with Crippen molar-refractivity contribution in [2.45, 2.75) is 25.1 Å². The number of H-pyrrole nitrogens is 1.